The minimum absolute atomic E-state index is 0. The Morgan fingerprint density at radius 1 is 0.408 bits per heavy atom. The summed E-state index contributed by atoms with van der Waals surface area (Å²) in [6.07, 6.45) is 0. The van der Waals surface area contributed by atoms with Crippen molar-refractivity contribution >= 4 is 108 Å². The van der Waals surface area contributed by atoms with Crippen LogP contribution in [0.5, 0.6) is 17.2 Å². The molecule has 0 atom stereocenters. The normalized spacial score (nSPS) is 11.9. The van der Waals surface area contributed by atoms with Crippen molar-refractivity contribution in [2.24, 2.45) is 30.7 Å². The fraction of sp³-hybridized carbons (Fsp3) is 0. The Morgan fingerprint density at radius 2 is 0.803 bits per heavy atom. The van der Waals surface area contributed by atoms with Gasteiger partial charge in [-0.05, 0) is 90.3 Å². The van der Waals surface area contributed by atoms with Crippen LogP contribution >= 0.6 is 0 Å². The molecular weight excluding hydrogens is 1050 g/mol. The number of phenols is 3. The number of benzene rings is 7. The Balaban J connectivity index is 0.00000333. The Kier molecular flexibility index (Phi) is 21.7. The van der Waals surface area contributed by atoms with E-state index in [1.165, 1.54) is 24.3 Å². The summed E-state index contributed by atoms with van der Waals surface area (Å²) >= 11 is 0. The first-order valence-electron chi connectivity index (χ1n) is 18.4. The van der Waals surface area contributed by atoms with E-state index in [9.17, 15) is 67.2 Å². The third kappa shape index (κ3) is 15.4. The van der Waals surface area contributed by atoms with Crippen molar-refractivity contribution in [3.8, 4) is 17.2 Å². The fourth-order valence-electron chi connectivity index (χ4n) is 6.10. The number of rotatable bonds is 14. The van der Waals surface area contributed by atoms with Gasteiger partial charge in [-0.2, -0.15) is 10.2 Å². The zero-order valence-electron chi connectivity index (χ0n) is 37.2. The predicted octanol–water partition coefficient (Wildman–Crippen LogP) is -3.68. The predicted molar refractivity (Wildman–Crippen MR) is 232 cm³/mol. The molecule has 0 fully saturated rings. The van der Waals surface area contributed by atoms with Crippen molar-refractivity contribution in [1.82, 2.24) is 0 Å². The molecule has 5 N–H and O–H groups in total. The molecule has 0 radical (unpaired) electrons. The van der Waals surface area contributed by atoms with Gasteiger partial charge in [0.2, 0.25) is 0 Å². The van der Waals surface area contributed by atoms with E-state index in [0.29, 0.717) is 35.6 Å². The second kappa shape index (κ2) is 25.0. The Bertz CT molecular complexity index is 3690. The molecule has 71 heavy (non-hydrogen) atoms. The van der Waals surface area contributed by atoms with E-state index < -0.39 is 111 Å². The van der Waals surface area contributed by atoms with Crippen molar-refractivity contribution in [3.63, 3.8) is 0 Å². The Hall–Kier alpha value is -3.76. The van der Waals surface area contributed by atoms with E-state index >= 15 is 0 Å². The maximum absolute atomic E-state index is 12.3. The molecule has 23 nitrogen and oxygen atoms in total. The van der Waals surface area contributed by atoms with Gasteiger partial charge in [0.1, 0.15) is 57.6 Å². The van der Waals surface area contributed by atoms with Gasteiger partial charge < -0.3 is 44.2 Å². The van der Waals surface area contributed by atoms with Gasteiger partial charge in [-0.25, -0.2) is 33.7 Å². The quantitative estimate of drug-likeness (QED) is 0.0398. The Morgan fingerprint density at radius 3 is 1.23 bits per heavy atom. The maximum Gasteiger partial charge on any atom is 1.00 e. The second-order valence-corrected chi connectivity index (χ2v) is 19.2. The summed E-state index contributed by atoms with van der Waals surface area (Å²) in [5.41, 5.74) is -2.93. The molecular formula is C40H26N8Na4O15S4. The average molecular weight is 1080 g/mol. The molecule has 7 rings (SSSR count). The maximum atomic E-state index is 12.3. The fourth-order valence-corrected chi connectivity index (χ4v) is 8.46. The molecule has 7 aromatic carbocycles. The van der Waals surface area contributed by atoms with Gasteiger partial charge in [-0.15, -0.1) is 20.5 Å². The number of azo groups is 3. The van der Waals surface area contributed by atoms with Crippen molar-refractivity contribution in [2.45, 2.75) is 19.6 Å². The third-order valence-electron chi connectivity index (χ3n) is 9.12. The van der Waals surface area contributed by atoms with Gasteiger partial charge in [0, 0.05) is 17.4 Å². The van der Waals surface area contributed by atoms with E-state index in [0.717, 1.165) is 18.2 Å². The smallest absolute Gasteiger partial charge is 0.744 e. The first kappa shape index (κ1) is 61.5. The van der Waals surface area contributed by atoms with Crippen molar-refractivity contribution in [2.75, 3.05) is 10.6 Å². The van der Waals surface area contributed by atoms with E-state index in [4.69, 9.17) is 0 Å². The largest absolute Gasteiger partial charge is 1.00 e. The number of aromatic hydroxyl groups is 3. The average Bonchev–Trinajstić information content (AvgIpc) is 3.25. The zero-order valence-corrected chi connectivity index (χ0v) is 48.4. The molecule has 0 amide bonds. The van der Waals surface area contributed by atoms with E-state index in [1.54, 1.807) is 60.7 Å². The summed E-state index contributed by atoms with van der Waals surface area (Å²) in [6, 6.07) is 26.1. The van der Waals surface area contributed by atoms with Crippen LogP contribution in [-0.4, -0.2) is 67.2 Å². The molecule has 0 aromatic heterocycles. The van der Waals surface area contributed by atoms with Crippen LogP contribution in [0.2, 0.25) is 0 Å². The summed E-state index contributed by atoms with van der Waals surface area (Å²) in [5.74, 6) is -3.03. The molecule has 0 aliphatic heterocycles. The molecule has 0 saturated heterocycles. The van der Waals surface area contributed by atoms with Gasteiger partial charge in [-0.3, -0.25) is 0 Å². The van der Waals surface area contributed by atoms with Crippen LogP contribution < -0.4 is 129 Å². The Labute approximate surface area is 492 Å². The standard InChI is InChI=1S/C40H30N8O15S4.4Na/c49-34-20-28(65(55,56)57)16-22-15-27(64(52,53)54)19-31(37(22)34)45-47-33-21-32(46-43-25-11-13-29(35(17-25)66(58,59)60)41-23-7-3-1-4-8-23)39(50)38(40(33)51)48-44-26-12-14-30(36(18-26)67(61,62)63)42-24-9-5-2-6-10-24;;;;/h1-21,41-42,49-51H,(H,52,53,54)(H,55,56,57)(H,58,59,60)(H,61,62,63);;;;/q;4*+1/p-4. The SMILES string of the molecule is O=S(=O)([O-])c1cc(O)c2c(N=Nc3cc(N=Nc4ccc(Nc5ccccc5)c(S(=O)(=O)[O-])c4)c(O)c(N=Nc4ccc(Nc5ccccc5)c(S(=O)(=O)[O-])c4)c3O)cc(S(=O)(=O)[O-])cc2c1.[Na+].[Na+].[Na+].[Na+]. The topological polar surface area (TPSA) is 388 Å². The van der Waals surface area contributed by atoms with Crippen LogP contribution in [0.15, 0.2) is 178 Å². The van der Waals surface area contributed by atoms with Crippen molar-refractivity contribution in [1.29, 1.82) is 0 Å². The number of para-hydroxylation sites is 2. The van der Waals surface area contributed by atoms with Crippen LogP contribution in [0.4, 0.5) is 56.9 Å². The minimum Gasteiger partial charge on any atom is -0.744 e. The van der Waals surface area contributed by atoms with E-state index in [2.05, 4.69) is 41.3 Å². The number of nitrogens with zero attached hydrogens (tertiary/aromatic N) is 6. The number of hydrogen-bond donors (Lipinski definition) is 5. The zero-order chi connectivity index (χ0) is 48.5. The van der Waals surface area contributed by atoms with E-state index in [1.807, 2.05) is 0 Å². The summed E-state index contributed by atoms with van der Waals surface area (Å²) in [4.78, 5) is -3.57. The van der Waals surface area contributed by atoms with E-state index in [-0.39, 0.29) is 141 Å². The molecule has 7 aromatic rings. The summed E-state index contributed by atoms with van der Waals surface area (Å²) in [5, 5.41) is 61.3. The molecule has 0 heterocycles. The van der Waals surface area contributed by atoms with Crippen molar-refractivity contribution in [3.05, 3.63) is 127 Å². The third-order valence-corrected chi connectivity index (χ3v) is 12.5. The molecule has 0 unspecified atom stereocenters. The van der Waals surface area contributed by atoms with Gasteiger partial charge in [0.15, 0.2) is 17.2 Å². The molecule has 0 aliphatic rings. The van der Waals surface area contributed by atoms with Gasteiger partial charge in [0.05, 0.1) is 53.4 Å². The van der Waals surface area contributed by atoms with Crippen LogP contribution in [0.1, 0.15) is 0 Å². The van der Waals surface area contributed by atoms with Gasteiger partial charge in [0.25, 0.3) is 0 Å². The van der Waals surface area contributed by atoms with Crippen LogP contribution in [-0.2, 0) is 40.5 Å². The van der Waals surface area contributed by atoms with Crippen molar-refractivity contribution < 1.29 is 185 Å². The summed E-state index contributed by atoms with van der Waals surface area (Å²) < 4.78 is 145. The minimum atomic E-state index is -5.34. The van der Waals surface area contributed by atoms with Crippen LogP contribution in [0.25, 0.3) is 10.8 Å². The molecule has 0 spiro atoms. The number of phenolic OH excluding ortho intramolecular Hbond substituents is 3. The van der Waals surface area contributed by atoms with Crippen LogP contribution in [0, 0.1) is 0 Å². The first-order chi connectivity index (χ1) is 31.5. The van der Waals surface area contributed by atoms with Gasteiger partial charge >= 0.3 is 118 Å². The molecule has 0 bridgehead atoms. The summed E-state index contributed by atoms with van der Waals surface area (Å²) in [6.45, 7) is 0. The first-order valence-corrected chi connectivity index (χ1v) is 24.0. The second-order valence-electron chi connectivity index (χ2n) is 13.7. The number of fused-ring (bicyclic) bond motifs is 1. The van der Waals surface area contributed by atoms with Crippen LogP contribution in [0.3, 0.4) is 0 Å². The van der Waals surface area contributed by atoms with Gasteiger partial charge in [-0.1, -0.05) is 36.4 Å². The molecule has 0 aliphatic carbocycles. The molecule has 0 saturated carbocycles. The summed E-state index contributed by atoms with van der Waals surface area (Å²) in [7, 11) is -20.9. The number of nitrogens with one attached hydrogen (secondary N) is 2. The molecule has 31 heteroatoms. The number of anilines is 4. The number of hydrogen-bond acceptors (Lipinski definition) is 23. The monoisotopic (exact) mass is 1080 g/mol. The molecule has 344 valence electrons.